The number of esters is 1. The third kappa shape index (κ3) is 5.46. The second-order valence-electron chi connectivity index (χ2n) is 6.93. The van der Waals surface area contributed by atoms with Gasteiger partial charge in [0, 0.05) is 6.54 Å². The molecule has 0 saturated carbocycles. The largest absolute Gasteiger partial charge is 0.489 e. The molecule has 3 rings (SSSR count). The highest BCUT2D eigenvalue weighted by Gasteiger charge is 2.27. The van der Waals surface area contributed by atoms with Crippen LogP contribution in [0.1, 0.15) is 28.4 Å². The van der Waals surface area contributed by atoms with Gasteiger partial charge in [-0.3, -0.25) is 0 Å². The summed E-state index contributed by atoms with van der Waals surface area (Å²) in [5.41, 5.74) is 1.84. The fraction of sp³-hybridized carbons (Fsp3) is 0.208. The SMILES string of the molecule is CCN(Oc1ccc(OCc2ccccc2)cc1)S(=O)(=O)c1ccc(C)c(C(=O)OC)c1. The van der Waals surface area contributed by atoms with Crippen molar-refractivity contribution < 1.29 is 27.5 Å². The quantitative estimate of drug-likeness (QED) is 0.352. The molecule has 0 bridgehead atoms. The molecule has 0 aliphatic carbocycles. The van der Waals surface area contributed by atoms with E-state index in [1.54, 1.807) is 44.2 Å². The fourth-order valence-electron chi connectivity index (χ4n) is 2.95. The molecule has 0 aliphatic rings. The van der Waals surface area contributed by atoms with E-state index in [9.17, 15) is 13.2 Å². The van der Waals surface area contributed by atoms with Gasteiger partial charge in [-0.05, 0) is 65.8 Å². The molecule has 0 aliphatic heterocycles. The number of hydrogen-bond donors (Lipinski definition) is 0. The number of carbonyl (C=O) groups is 1. The van der Waals surface area contributed by atoms with Gasteiger partial charge < -0.3 is 14.3 Å². The smallest absolute Gasteiger partial charge is 0.338 e. The van der Waals surface area contributed by atoms with Gasteiger partial charge in [0.05, 0.1) is 17.6 Å². The first kappa shape index (κ1) is 23.3. The Kier molecular flexibility index (Phi) is 7.50. The Balaban J connectivity index is 1.73. The Labute approximate surface area is 188 Å². The molecule has 8 heteroatoms. The summed E-state index contributed by atoms with van der Waals surface area (Å²) in [7, 11) is -2.77. The van der Waals surface area contributed by atoms with Crippen LogP contribution in [0.15, 0.2) is 77.7 Å². The molecule has 0 amide bonds. The monoisotopic (exact) mass is 455 g/mol. The summed E-state index contributed by atoms with van der Waals surface area (Å²) < 4.78 is 37.5. The molecule has 0 saturated heterocycles. The summed E-state index contributed by atoms with van der Waals surface area (Å²) >= 11 is 0. The molecule has 3 aromatic rings. The van der Waals surface area contributed by atoms with Gasteiger partial charge in [-0.25, -0.2) is 13.2 Å². The number of rotatable bonds is 9. The fourth-order valence-corrected chi connectivity index (χ4v) is 4.21. The number of nitrogens with zero attached hydrogens (tertiary/aromatic N) is 1. The third-order valence-corrected chi connectivity index (χ3v) is 6.44. The lowest BCUT2D eigenvalue weighted by Crippen LogP contribution is -2.34. The maximum atomic E-state index is 13.1. The molecule has 7 nitrogen and oxygen atoms in total. The van der Waals surface area contributed by atoms with Crippen LogP contribution in [-0.4, -0.2) is 32.5 Å². The summed E-state index contributed by atoms with van der Waals surface area (Å²) in [5, 5.41) is 0. The Morgan fingerprint density at radius 1 is 0.938 bits per heavy atom. The Morgan fingerprint density at radius 3 is 2.22 bits per heavy atom. The standard InChI is InChI=1S/C24H25NO6S/c1-4-25(32(27,28)22-15-10-18(2)23(16-22)24(26)29-3)31-21-13-11-20(12-14-21)30-17-19-8-6-5-7-9-19/h5-16H,4,17H2,1-3H3. The van der Waals surface area contributed by atoms with Crippen LogP contribution in [0, 0.1) is 6.92 Å². The highest BCUT2D eigenvalue weighted by Crippen LogP contribution is 2.24. The average Bonchev–Trinajstić information content (AvgIpc) is 2.82. The number of aryl methyl sites for hydroxylation is 1. The topological polar surface area (TPSA) is 82.1 Å². The van der Waals surface area contributed by atoms with Crippen molar-refractivity contribution in [1.82, 2.24) is 4.47 Å². The lowest BCUT2D eigenvalue weighted by Gasteiger charge is -2.21. The molecule has 0 N–H and O–H groups in total. The van der Waals surface area contributed by atoms with Crippen molar-refractivity contribution in [3.63, 3.8) is 0 Å². The number of methoxy groups -OCH3 is 1. The zero-order chi connectivity index (χ0) is 23.1. The molecular weight excluding hydrogens is 430 g/mol. The van der Waals surface area contributed by atoms with Crippen LogP contribution in [0.5, 0.6) is 11.5 Å². The van der Waals surface area contributed by atoms with E-state index in [-0.39, 0.29) is 17.0 Å². The lowest BCUT2D eigenvalue weighted by atomic mass is 10.1. The lowest BCUT2D eigenvalue weighted by molar-refractivity contribution is 0.0414. The Hall–Kier alpha value is -3.36. The third-order valence-electron chi connectivity index (χ3n) is 4.72. The second kappa shape index (κ2) is 10.3. The number of hydroxylamine groups is 1. The van der Waals surface area contributed by atoms with Gasteiger partial charge in [0.15, 0.2) is 0 Å². The molecule has 0 radical (unpaired) electrons. The molecule has 168 valence electrons. The molecule has 0 fully saturated rings. The summed E-state index contributed by atoms with van der Waals surface area (Å²) in [6.07, 6.45) is 0. The van der Waals surface area contributed by atoms with Crippen molar-refractivity contribution in [1.29, 1.82) is 0 Å². The predicted molar refractivity (Wildman–Crippen MR) is 120 cm³/mol. The van der Waals surface area contributed by atoms with Gasteiger partial charge in [0.25, 0.3) is 10.0 Å². The van der Waals surface area contributed by atoms with Gasteiger partial charge in [0.1, 0.15) is 18.1 Å². The first-order valence-electron chi connectivity index (χ1n) is 10.0. The van der Waals surface area contributed by atoms with E-state index in [2.05, 4.69) is 0 Å². The van der Waals surface area contributed by atoms with Crippen molar-refractivity contribution in [3.8, 4) is 11.5 Å². The molecule has 0 aromatic heterocycles. The van der Waals surface area contributed by atoms with Crippen molar-refractivity contribution in [2.24, 2.45) is 0 Å². The van der Waals surface area contributed by atoms with Gasteiger partial charge >= 0.3 is 5.97 Å². The minimum absolute atomic E-state index is 0.0619. The average molecular weight is 456 g/mol. The van der Waals surface area contributed by atoms with Crippen LogP contribution >= 0.6 is 0 Å². The van der Waals surface area contributed by atoms with Gasteiger partial charge in [-0.15, -0.1) is 0 Å². The van der Waals surface area contributed by atoms with Crippen molar-refractivity contribution in [3.05, 3.63) is 89.5 Å². The summed E-state index contributed by atoms with van der Waals surface area (Å²) in [6.45, 7) is 3.85. The number of carbonyl (C=O) groups excluding carboxylic acids is 1. The van der Waals surface area contributed by atoms with Crippen LogP contribution in [0.2, 0.25) is 0 Å². The van der Waals surface area contributed by atoms with Crippen LogP contribution < -0.4 is 9.57 Å². The number of sulfonamides is 1. The molecule has 0 heterocycles. The zero-order valence-electron chi connectivity index (χ0n) is 18.1. The second-order valence-corrected chi connectivity index (χ2v) is 8.76. The van der Waals surface area contributed by atoms with E-state index in [0.717, 1.165) is 10.0 Å². The summed E-state index contributed by atoms with van der Waals surface area (Å²) in [5.74, 6) is 0.366. The van der Waals surface area contributed by atoms with Crippen molar-refractivity contribution in [2.45, 2.75) is 25.3 Å². The van der Waals surface area contributed by atoms with Gasteiger partial charge in [-0.2, -0.15) is 0 Å². The van der Waals surface area contributed by atoms with Crippen molar-refractivity contribution >= 4 is 16.0 Å². The minimum atomic E-state index is -4.01. The number of benzene rings is 3. The van der Waals surface area contributed by atoms with E-state index in [1.165, 1.54) is 19.2 Å². The maximum absolute atomic E-state index is 13.1. The first-order chi connectivity index (χ1) is 15.3. The van der Waals surface area contributed by atoms with E-state index < -0.39 is 16.0 Å². The summed E-state index contributed by atoms with van der Waals surface area (Å²) in [6, 6.07) is 20.7. The highest BCUT2D eigenvalue weighted by molar-refractivity contribution is 7.89. The maximum Gasteiger partial charge on any atom is 0.338 e. The van der Waals surface area contributed by atoms with Crippen molar-refractivity contribution in [2.75, 3.05) is 13.7 Å². The first-order valence-corrected chi connectivity index (χ1v) is 11.5. The Bertz CT molecular complexity index is 1160. The van der Waals surface area contributed by atoms with E-state index in [1.807, 2.05) is 30.3 Å². The molecule has 32 heavy (non-hydrogen) atoms. The van der Waals surface area contributed by atoms with Gasteiger partial charge in [-0.1, -0.05) is 36.4 Å². The number of ether oxygens (including phenoxy) is 2. The molecule has 0 atom stereocenters. The van der Waals surface area contributed by atoms with Crippen LogP contribution in [0.25, 0.3) is 0 Å². The molecule has 0 spiro atoms. The molecular formula is C24H25NO6S. The summed E-state index contributed by atoms with van der Waals surface area (Å²) in [4.78, 5) is 17.5. The van der Waals surface area contributed by atoms with Crippen LogP contribution in [-0.2, 0) is 21.4 Å². The minimum Gasteiger partial charge on any atom is -0.489 e. The van der Waals surface area contributed by atoms with E-state index in [4.69, 9.17) is 14.3 Å². The van der Waals surface area contributed by atoms with Crippen LogP contribution in [0.4, 0.5) is 0 Å². The van der Waals surface area contributed by atoms with Gasteiger partial charge in [0.2, 0.25) is 0 Å². The number of hydrogen-bond acceptors (Lipinski definition) is 6. The van der Waals surface area contributed by atoms with Crippen LogP contribution in [0.3, 0.4) is 0 Å². The molecule has 0 unspecified atom stereocenters. The normalized spacial score (nSPS) is 11.2. The predicted octanol–water partition coefficient (Wildman–Crippen LogP) is 4.37. The Morgan fingerprint density at radius 2 is 1.59 bits per heavy atom. The zero-order valence-corrected chi connectivity index (χ0v) is 19.0. The van der Waals surface area contributed by atoms with E-state index >= 15 is 0 Å². The molecule has 3 aromatic carbocycles. The van der Waals surface area contributed by atoms with E-state index in [0.29, 0.717) is 23.7 Å². The highest BCUT2D eigenvalue weighted by atomic mass is 32.2.